The van der Waals surface area contributed by atoms with E-state index in [1.165, 1.54) is 10.5 Å². The topological polar surface area (TPSA) is 65.2 Å². The lowest BCUT2D eigenvalue weighted by Crippen LogP contribution is -2.48. The first-order valence-corrected chi connectivity index (χ1v) is 10.7. The van der Waals surface area contributed by atoms with Gasteiger partial charge in [0.05, 0.1) is 11.1 Å². The first-order chi connectivity index (χ1) is 13.9. The number of halogens is 1. The Bertz CT molecular complexity index is 1170. The van der Waals surface area contributed by atoms with Crippen molar-refractivity contribution in [3.05, 3.63) is 63.3 Å². The standard InChI is InChI=1S/C23H22BrN3O2/c1-13-3-4-15-11-18(26-20(15)14(13)2)21(28)27-19-6-5-16(24)12-17(19)23(22(27)29)7-9-25-10-8-23/h3-6,11-12,25-26H,7-10H2,1-2H3. The van der Waals surface area contributed by atoms with Crippen LogP contribution in [0.1, 0.15) is 40.0 Å². The fraction of sp³-hybridized carbons (Fsp3) is 0.304. The van der Waals surface area contributed by atoms with Gasteiger partial charge in [0.2, 0.25) is 5.91 Å². The number of amides is 2. The molecule has 3 heterocycles. The number of aryl methyl sites for hydroxylation is 2. The van der Waals surface area contributed by atoms with E-state index >= 15 is 0 Å². The molecule has 0 radical (unpaired) electrons. The molecular formula is C23H22BrN3O2. The number of fused-ring (bicyclic) bond motifs is 3. The van der Waals surface area contributed by atoms with Crippen molar-refractivity contribution in [2.45, 2.75) is 32.1 Å². The number of aromatic amines is 1. The Morgan fingerprint density at radius 3 is 2.62 bits per heavy atom. The van der Waals surface area contributed by atoms with E-state index in [4.69, 9.17) is 0 Å². The Hall–Kier alpha value is -2.44. The van der Waals surface area contributed by atoms with Crippen molar-refractivity contribution in [3.63, 3.8) is 0 Å². The van der Waals surface area contributed by atoms with E-state index in [0.29, 0.717) is 24.2 Å². The number of imide groups is 1. The molecule has 0 aliphatic carbocycles. The van der Waals surface area contributed by atoms with Gasteiger partial charge in [-0.1, -0.05) is 28.1 Å². The van der Waals surface area contributed by atoms with Gasteiger partial charge in [0.15, 0.2) is 0 Å². The van der Waals surface area contributed by atoms with Crippen LogP contribution in [0, 0.1) is 13.8 Å². The van der Waals surface area contributed by atoms with Crippen molar-refractivity contribution in [3.8, 4) is 0 Å². The molecule has 2 aliphatic rings. The summed E-state index contributed by atoms with van der Waals surface area (Å²) < 4.78 is 0.924. The maximum absolute atomic E-state index is 13.6. The largest absolute Gasteiger partial charge is 0.350 e. The summed E-state index contributed by atoms with van der Waals surface area (Å²) in [5.41, 5.74) is 4.72. The SMILES string of the molecule is Cc1ccc2cc(C(=O)N3C(=O)C4(CCNCC4)c4cc(Br)ccc43)[nH]c2c1C. The highest BCUT2D eigenvalue weighted by atomic mass is 79.9. The molecule has 148 valence electrons. The normalized spacial score (nSPS) is 17.9. The van der Waals surface area contributed by atoms with Crippen molar-refractivity contribution >= 4 is 44.3 Å². The van der Waals surface area contributed by atoms with Crippen LogP contribution >= 0.6 is 15.9 Å². The number of H-pyrrole nitrogens is 1. The Kier molecular flexibility index (Phi) is 4.19. The maximum Gasteiger partial charge on any atom is 0.281 e. The minimum Gasteiger partial charge on any atom is -0.350 e. The fourth-order valence-corrected chi connectivity index (χ4v) is 5.11. The van der Waals surface area contributed by atoms with Gasteiger partial charge in [-0.05, 0) is 80.7 Å². The number of carbonyl (C=O) groups is 2. The zero-order chi connectivity index (χ0) is 20.3. The molecule has 2 N–H and O–H groups in total. The van der Waals surface area contributed by atoms with Gasteiger partial charge in [-0.2, -0.15) is 0 Å². The van der Waals surface area contributed by atoms with Crippen molar-refractivity contribution in [1.82, 2.24) is 10.3 Å². The second kappa shape index (κ2) is 6.54. The third-order valence-electron chi connectivity index (χ3n) is 6.55. The van der Waals surface area contributed by atoms with Crippen molar-refractivity contribution in [2.75, 3.05) is 18.0 Å². The minimum atomic E-state index is -0.626. The highest BCUT2D eigenvalue weighted by Gasteiger charge is 2.53. The zero-order valence-electron chi connectivity index (χ0n) is 16.4. The predicted molar refractivity (Wildman–Crippen MR) is 118 cm³/mol. The number of piperidine rings is 1. The quantitative estimate of drug-likeness (QED) is 0.540. The molecule has 1 fully saturated rings. The van der Waals surface area contributed by atoms with Crippen LogP contribution in [0.4, 0.5) is 5.69 Å². The van der Waals surface area contributed by atoms with E-state index < -0.39 is 5.41 Å². The second-order valence-corrected chi connectivity index (χ2v) is 9.01. The maximum atomic E-state index is 13.6. The molecule has 0 saturated carbocycles. The van der Waals surface area contributed by atoms with Gasteiger partial charge in [-0.3, -0.25) is 9.59 Å². The first-order valence-electron chi connectivity index (χ1n) is 9.91. The Morgan fingerprint density at radius 2 is 1.86 bits per heavy atom. The summed E-state index contributed by atoms with van der Waals surface area (Å²) in [5, 5.41) is 4.32. The summed E-state index contributed by atoms with van der Waals surface area (Å²) in [6.07, 6.45) is 1.40. The molecule has 29 heavy (non-hydrogen) atoms. The van der Waals surface area contributed by atoms with E-state index in [1.54, 1.807) is 0 Å². The number of benzene rings is 2. The summed E-state index contributed by atoms with van der Waals surface area (Å²) in [4.78, 5) is 31.9. The zero-order valence-corrected chi connectivity index (χ0v) is 18.0. The van der Waals surface area contributed by atoms with Crippen LogP contribution in [0.25, 0.3) is 10.9 Å². The van der Waals surface area contributed by atoms with Crippen molar-refractivity contribution in [2.24, 2.45) is 0 Å². The number of anilines is 1. The van der Waals surface area contributed by atoms with Gasteiger partial charge < -0.3 is 10.3 Å². The number of rotatable bonds is 1. The Morgan fingerprint density at radius 1 is 1.10 bits per heavy atom. The van der Waals surface area contributed by atoms with E-state index in [-0.39, 0.29) is 11.8 Å². The lowest BCUT2D eigenvalue weighted by molar-refractivity contribution is -0.123. The predicted octanol–water partition coefficient (Wildman–Crippen LogP) is 4.36. The van der Waals surface area contributed by atoms with Gasteiger partial charge in [0.1, 0.15) is 5.69 Å². The van der Waals surface area contributed by atoms with Crippen molar-refractivity contribution in [1.29, 1.82) is 0 Å². The van der Waals surface area contributed by atoms with Crippen LogP contribution < -0.4 is 10.2 Å². The van der Waals surface area contributed by atoms with Crippen LogP contribution in [-0.4, -0.2) is 29.9 Å². The number of nitrogens with zero attached hydrogens (tertiary/aromatic N) is 1. The van der Waals surface area contributed by atoms with Crippen LogP contribution in [-0.2, 0) is 10.2 Å². The third-order valence-corrected chi connectivity index (χ3v) is 7.04. The van der Waals surface area contributed by atoms with Crippen molar-refractivity contribution < 1.29 is 9.59 Å². The van der Waals surface area contributed by atoms with Crippen LogP contribution in [0.5, 0.6) is 0 Å². The van der Waals surface area contributed by atoms with Gasteiger partial charge in [0.25, 0.3) is 5.91 Å². The summed E-state index contributed by atoms with van der Waals surface area (Å²) in [6, 6.07) is 11.7. The first kappa shape index (κ1) is 18.6. The summed E-state index contributed by atoms with van der Waals surface area (Å²) >= 11 is 3.54. The number of hydrogen-bond acceptors (Lipinski definition) is 3. The van der Waals surface area contributed by atoms with Crippen LogP contribution in [0.2, 0.25) is 0 Å². The van der Waals surface area contributed by atoms with Crippen LogP contribution in [0.15, 0.2) is 40.9 Å². The summed E-state index contributed by atoms with van der Waals surface area (Å²) in [7, 11) is 0. The highest BCUT2D eigenvalue weighted by Crippen LogP contribution is 2.48. The Labute approximate surface area is 177 Å². The minimum absolute atomic E-state index is 0.108. The van der Waals surface area contributed by atoms with Crippen LogP contribution in [0.3, 0.4) is 0 Å². The fourth-order valence-electron chi connectivity index (χ4n) is 4.75. The summed E-state index contributed by atoms with van der Waals surface area (Å²) in [5.74, 6) is -0.397. The second-order valence-electron chi connectivity index (χ2n) is 8.09. The lowest BCUT2D eigenvalue weighted by atomic mass is 9.74. The average molecular weight is 452 g/mol. The van der Waals surface area contributed by atoms with E-state index in [0.717, 1.165) is 39.6 Å². The molecule has 0 unspecified atom stereocenters. The molecule has 0 bridgehead atoms. The monoisotopic (exact) mass is 451 g/mol. The molecule has 2 aromatic carbocycles. The molecule has 6 heteroatoms. The number of nitrogens with one attached hydrogen (secondary N) is 2. The van der Waals surface area contributed by atoms with Gasteiger partial charge in [-0.25, -0.2) is 4.90 Å². The molecule has 2 aliphatic heterocycles. The molecule has 1 aromatic heterocycles. The smallest absolute Gasteiger partial charge is 0.281 e. The molecule has 2 amide bonds. The van der Waals surface area contributed by atoms with E-state index in [2.05, 4.69) is 39.2 Å². The highest BCUT2D eigenvalue weighted by molar-refractivity contribution is 9.10. The number of hydrogen-bond donors (Lipinski definition) is 2. The van der Waals surface area contributed by atoms with E-state index in [1.807, 2.05) is 37.3 Å². The molecule has 5 nitrogen and oxygen atoms in total. The molecule has 0 atom stereocenters. The number of carbonyl (C=O) groups excluding carboxylic acids is 2. The molecule has 1 saturated heterocycles. The van der Waals surface area contributed by atoms with Gasteiger partial charge in [0, 0.05) is 15.4 Å². The Balaban J connectivity index is 1.63. The van der Waals surface area contributed by atoms with E-state index in [9.17, 15) is 9.59 Å². The number of aromatic nitrogens is 1. The molecule has 1 spiro atoms. The van der Waals surface area contributed by atoms with Gasteiger partial charge in [-0.15, -0.1) is 0 Å². The van der Waals surface area contributed by atoms with Gasteiger partial charge >= 0.3 is 0 Å². The molecule has 3 aromatic rings. The lowest BCUT2D eigenvalue weighted by Gasteiger charge is -2.32. The molecule has 5 rings (SSSR count). The summed E-state index contributed by atoms with van der Waals surface area (Å²) in [6.45, 7) is 5.63. The third kappa shape index (κ3) is 2.62. The average Bonchev–Trinajstić information content (AvgIpc) is 3.25. The molecular weight excluding hydrogens is 430 g/mol.